The topological polar surface area (TPSA) is 24.1 Å². The second kappa shape index (κ2) is 8.89. The van der Waals surface area contributed by atoms with Crippen LogP contribution in [0.15, 0.2) is 47.4 Å². The van der Waals surface area contributed by atoms with Gasteiger partial charge in [0.1, 0.15) is 0 Å². The van der Waals surface area contributed by atoms with Crippen LogP contribution in [0.2, 0.25) is 10.0 Å². The Labute approximate surface area is 158 Å². The van der Waals surface area contributed by atoms with E-state index in [4.69, 9.17) is 23.2 Å². The number of rotatable bonds is 2. The van der Waals surface area contributed by atoms with E-state index in [0.29, 0.717) is 16.1 Å². The van der Waals surface area contributed by atoms with Crippen molar-refractivity contribution in [3.63, 3.8) is 0 Å². The van der Waals surface area contributed by atoms with Crippen molar-refractivity contribution >= 4 is 46.3 Å². The van der Waals surface area contributed by atoms with Crippen molar-refractivity contribution in [3.05, 3.63) is 52.5 Å². The Morgan fingerprint density at radius 2 is 1.88 bits per heavy atom. The Morgan fingerprint density at radius 3 is 2.75 bits per heavy atom. The van der Waals surface area contributed by atoms with Gasteiger partial charge in [0.25, 0.3) is 0 Å². The zero-order valence-corrected chi connectivity index (χ0v) is 15.9. The van der Waals surface area contributed by atoms with Crippen LogP contribution < -0.4 is 10.6 Å². The van der Waals surface area contributed by atoms with Crippen LogP contribution in [0, 0.1) is 0 Å². The lowest BCUT2D eigenvalue weighted by Crippen LogP contribution is -2.22. The molecule has 1 aliphatic heterocycles. The highest BCUT2D eigenvalue weighted by molar-refractivity contribution is 7.99. The van der Waals surface area contributed by atoms with Crippen molar-refractivity contribution in [2.45, 2.75) is 36.6 Å². The Hall–Kier alpha value is -1.03. The van der Waals surface area contributed by atoms with Crippen LogP contribution in [0.1, 0.15) is 25.7 Å². The maximum Gasteiger partial charge on any atom is 0.0612 e. The number of hydrogen-bond acceptors (Lipinski definition) is 3. The number of nitrogens with one attached hydrogen (secondary N) is 2. The highest BCUT2D eigenvalue weighted by atomic mass is 35.5. The van der Waals surface area contributed by atoms with Crippen LogP contribution >= 0.6 is 35.0 Å². The van der Waals surface area contributed by atoms with E-state index in [9.17, 15) is 0 Å². The van der Waals surface area contributed by atoms with Gasteiger partial charge in [-0.3, -0.25) is 0 Å². The number of benzene rings is 2. The molecule has 128 valence electrons. The highest BCUT2D eigenvalue weighted by Gasteiger charge is 2.13. The Morgan fingerprint density at radius 1 is 1.00 bits per heavy atom. The molecule has 0 saturated heterocycles. The van der Waals surface area contributed by atoms with Gasteiger partial charge in [-0.1, -0.05) is 48.2 Å². The molecule has 3 rings (SSSR count). The maximum absolute atomic E-state index is 6.14. The van der Waals surface area contributed by atoms with E-state index in [-0.39, 0.29) is 0 Å². The summed E-state index contributed by atoms with van der Waals surface area (Å²) in [6, 6.07) is 14.7. The Balaban J connectivity index is 1.71. The molecule has 2 aromatic rings. The van der Waals surface area contributed by atoms with Gasteiger partial charge in [-0.2, -0.15) is 0 Å². The summed E-state index contributed by atoms with van der Waals surface area (Å²) in [6.07, 6.45) is 4.85. The largest absolute Gasteiger partial charge is 0.384 e. The molecule has 1 heterocycles. The second-order valence-corrected chi connectivity index (χ2v) is 7.93. The van der Waals surface area contributed by atoms with Crippen LogP contribution in [-0.2, 0) is 0 Å². The minimum absolute atomic E-state index is 0.415. The molecule has 0 fully saturated rings. The summed E-state index contributed by atoms with van der Waals surface area (Å²) in [5.41, 5.74) is 2.29. The zero-order valence-electron chi connectivity index (χ0n) is 13.5. The lowest BCUT2D eigenvalue weighted by Gasteiger charge is -2.20. The molecule has 0 aromatic heterocycles. The molecule has 0 amide bonds. The van der Waals surface area contributed by atoms with Crippen LogP contribution in [0.3, 0.4) is 0 Å². The van der Waals surface area contributed by atoms with E-state index in [2.05, 4.69) is 34.9 Å². The molecule has 2 nitrogen and oxygen atoms in total. The van der Waals surface area contributed by atoms with Gasteiger partial charge < -0.3 is 10.6 Å². The molecule has 1 aliphatic rings. The zero-order chi connectivity index (χ0) is 16.8. The molecular weight excluding hydrogens is 359 g/mol. The molecule has 1 unspecified atom stereocenters. The molecule has 5 heteroatoms. The predicted molar refractivity (Wildman–Crippen MR) is 108 cm³/mol. The fourth-order valence-electron chi connectivity index (χ4n) is 2.86. The third-order valence-corrected chi connectivity index (χ3v) is 6.14. The van der Waals surface area contributed by atoms with E-state index in [0.717, 1.165) is 24.4 Å². The van der Waals surface area contributed by atoms with Crippen LogP contribution in [0.4, 0.5) is 11.4 Å². The molecule has 1 atom stereocenters. The van der Waals surface area contributed by atoms with E-state index in [1.165, 1.54) is 29.8 Å². The molecule has 0 aliphatic carbocycles. The first-order valence-corrected chi connectivity index (χ1v) is 10.1. The number of thioether (sulfide) groups is 1. The fraction of sp³-hybridized carbons (Fsp3) is 0.368. The van der Waals surface area contributed by atoms with Gasteiger partial charge in [0.2, 0.25) is 0 Å². The molecule has 0 saturated carbocycles. The van der Waals surface area contributed by atoms with Crippen LogP contribution in [0.5, 0.6) is 0 Å². The molecule has 0 spiro atoms. The summed E-state index contributed by atoms with van der Waals surface area (Å²) >= 11 is 14.1. The summed E-state index contributed by atoms with van der Waals surface area (Å²) in [7, 11) is 0. The van der Waals surface area contributed by atoms with E-state index in [1.807, 2.05) is 30.0 Å². The van der Waals surface area contributed by atoms with Crippen molar-refractivity contribution in [3.8, 4) is 0 Å². The van der Waals surface area contributed by atoms with Crippen LogP contribution in [-0.4, -0.2) is 18.3 Å². The standard InChI is InChI=1S/C19H22Cl2N2S/c20-16-10-9-14(12-17(16)21)23-15-6-2-1-5-11-22-18-7-3-4-8-19(18)24-13-15/h3-4,7-10,12,15,22-23H,1-2,5-6,11,13H2. The quantitative estimate of drug-likeness (QED) is 0.617. The monoisotopic (exact) mass is 380 g/mol. The Bertz CT molecular complexity index is 678. The van der Waals surface area contributed by atoms with Gasteiger partial charge in [0.05, 0.1) is 10.0 Å². The molecule has 2 N–H and O–H groups in total. The van der Waals surface area contributed by atoms with E-state index in [1.54, 1.807) is 0 Å². The summed E-state index contributed by atoms with van der Waals surface area (Å²) in [5, 5.41) is 8.39. The number of anilines is 2. The first kappa shape index (κ1) is 17.8. The molecule has 2 aromatic carbocycles. The van der Waals surface area contributed by atoms with Gasteiger partial charge in [0, 0.05) is 34.6 Å². The van der Waals surface area contributed by atoms with Crippen molar-refractivity contribution in [1.29, 1.82) is 0 Å². The van der Waals surface area contributed by atoms with Crippen LogP contribution in [0.25, 0.3) is 0 Å². The summed E-state index contributed by atoms with van der Waals surface area (Å²) < 4.78 is 0. The average Bonchev–Trinajstić information content (AvgIpc) is 2.63. The first-order chi connectivity index (χ1) is 11.7. The molecule has 0 radical (unpaired) electrons. The lowest BCUT2D eigenvalue weighted by atomic mass is 10.1. The fourth-order valence-corrected chi connectivity index (χ4v) is 4.26. The van der Waals surface area contributed by atoms with Gasteiger partial charge in [-0.25, -0.2) is 0 Å². The third kappa shape index (κ3) is 4.98. The minimum atomic E-state index is 0.415. The molecule has 24 heavy (non-hydrogen) atoms. The van der Waals surface area contributed by atoms with Crippen molar-refractivity contribution in [1.82, 2.24) is 0 Å². The van der Waals surface area contributed by atoms with Gasteiger partial charge in [-0.15, -0.1) is 11.8 Å². The summed E-state index contributed by atoms with van der Waals surface area (Å²) in [4.78, 5) is 1.32. The number of para-hydroxylation sites is 1. The predicted octanol–water partition coefficient (Wildman–Crippen LogP) is 6.55. The lowest BCUT2D eigenvalue weighted by molar-refractivity contribution is 0.613. The SMILES string of the molecule is Clc1ccc(NC2CCCCCNc3ccccc3SC2)cc1Cl. The average molecular weight is 381 g/mol. The van der Waals surface area contributed by atoms with Crippen molar-refractivity contribution < 1.29 is 0 Å². The summed E-state index contributed by atoms with van der Waals surface area (Å²) in [6.45, 7) is 1.04. The van der Waals surface area contributed by atoms with Gasteiger partial charge in [0.15, 0.2) is 0 Å². The van der Waals surface area contributed by atoms with Crippen molar-refractivity contribution in [2.75, 3.05) is 22.9 Å². The van der Waals surface area contributed by atoms with E-state index >= 15 is 0 Å². The normalized spacial score (nSPS) is 18.8. The van der Waals surface area contributed by atoms with E-state index < -0.39 is 0 Å². The smallest absolute Gasteiger partial charge is 0.0612 e. The van der Waals surface area contributed by atoms with Gasteiger partial charge >= 0.3 is 0 Å². The maximum atomic E-state index is 6.14. The Kier molecular flexibility index (Phi) is 6.59. The van der Waals surface area contributed by atoms with Gasteiger partial charge in [-0.05, 0) is 43.2 Å². The van der Waals surface area contributed by atoms with Crippen molar-refractivity contribution in [2.24, 2.45) is 0 Å². The number of hydrogen-bond donors (Lipinski definition) is 2. The number of fused-ring (bicyclic) bond motifs is 1. The third-order valence-electron chi connectivity index (χ3n) is 4.16. The highest BCUT2D eigenvalue weighted by Crippen LogP contribution is 2.31. The summed E-state index contributed by atoms with van der Waals surface area (Å²) in [5.74, 6) is 1.03. The second-order valence-electron chi connectivity index (χ2n) is 6.05. The number of halogens is 2. The molecule has 0 bridgehead atoms. The minimum Gasteiger partial charge on any atom is -0.384 e. The first-order valence-electron chi connectivity index (χ1n) is 8.39. The molecular formula is C19H22Cl2N2S.